The second-order valence-corrected chi connectivity index (χ2v) is 0. The molecule has 0 aliphatic heterocycles. The van der Waals surface area contributed by atoms with Crippen LogP contribution in [-0.4, -0.2) is 16.2 Å². The van der Waals surface area contributed by atoms with Crippen LogP contribution in [0.15, 0.2) is 0 Å². The molecule has 0 rings (SSSR count). The van der Waals surface area contributed by atoms with E-state index in [2.05, 4.69) is 0 Å². The summed E-state index contributed by atoms with van der Waals surface area (Å²) < 4.78 is 8.28. The van der Waals surface area contributed by atoms with E-state index in [0.717, 1.165) is 0 Å². The third-order valence-corrected chi connectivity index (χ3v) is 0. The molecule has 0 amide bonds. The molecule has 6 heteroatoms. The average molecular weight is 452 g/mol. The quantitative estimate of drug-likeness (QED) is 0.442. The first-order valence-corrected chi connectivity index (χ1v) is 0.866. The summed E-state index contributed by atoms with van der Waals surface area (Å²) in [6.45, 7) is 0. The normalized spacial score (nSPS) is 0.500. The number of rotatable bonds is 0. The SMILES string of the molecule is [Au].[Cu].[Fe].[O]=[AlH].[Zr]. The molecule has 0 atom stereocenters. The van der Waals surface area contributed by atoms with Crippen molar-refractivity contribution in [2.45, 2.75) is 0 Å². The molecule has 0 saturated heterocycles. The molecule has 6 heavy (non-hydrogen) atoms. The predicted octanol–water partition coefficient (Wildman–Crippen LogP) is -0.777. The van der Waals surface area contributed by atoms with Crippen molar-refractivity contribution in [1.29, 1.82) is 0 Å². The Morgan fingerprint density at radius 3 is 1.17 bits per heavy atom. The maximum atomic E-state index is 8.28. The summed E-state index contributed by atoms with van der Waals surface area (Å²) in [5, 5.41) is 0. The van der Waals surface area contributed by atoms with Gasteiger partial charge >= 0.3 is 20.0 Å². The molecule has 0 N–H and O–H groups in total. The van der Waals surface area contributed by atoms with Gasteiger partial charge in [0.25, 0.3) is 0 Å². The van der Waals surface area contributed by atoms with Crippen molar-refractivity contribution < 1.29 is 86.5 Å². The summed E-state index contributed by atoms with van der Waals surface area (Å²) in [7, 11) is 0. The Balaban J connectivity index is -0.000000000833. The van der Waals surface area contributed by atoms with E-state index in [0.29, 0.717) is 16.2 Å². The Labute approximate surface area is 101 Å². The van der Waals surface area contributed by atoms with E-state index >= 15 is 0 Å². The Kier molecular flexibility index (Phi) is 262. The Morgan fingerprint density at radius 1 is 1.17 bits per heavy atom. The molecular formula is HAlAuCuFeOZr. The second-order valence-electron chi connectivity index (χ2n) is 0. The molecule has 2 radical (unpaired) electrons. The van der Waals surface area contributed by atoms with Gasteiger partial charge in [0.1, 0.15) is 0 Å². The van der Waals surface area contributed by atoms with E-state index < -0.39 is 0 Å². The zero-order chi connectivity index (χ0) is 2.00. The number of hydrogen-bond donors (Lipinski definition) is 0. The Morgan fingerprint density at radius 2 is 1.17 bits per heavy atom. The molecule has 44 valence electrons. The molecule has 0 fully saturated rings. The van der Waals surface area contributed by atoms with Crippen LogP contribution in [0.3, 0.4) is 0 Å². The minimum atomic E-state index is 0. The van der Waals surface area contributed by atoms with Crippen LogP contribution in [0.2, 0.25) is 0 Å². The molecule has 0 aliphatic rings. The third-order valence-electron chi connectivity index (χ3n) is 0. The summed E-state index contributed by atoms with van der Waals surface area (Å²) in [5.41, 5.74) is 0. The van der Waals surface area contributed by atoms with Crippen LogP contribution < -0.4 is 0 Å². The zero-order valence-corrected chi connectivity index (χ0v) is 10.7. The van der Waals surface area contributed by atoms with Crippen molar-refractivity contribution in [3.63, 3.8) is 0 Å². The molecule has 0 aliphatic carbocycles. The summed E-state index contributed by atoms with van der Waals surface area (Å²) in [6.07, 6.45) is 0. The van der Waals surface area contributed by atoms with Crippen LogP contribution in [0.25, 0.3) is 0 Å². The standard InChI is InChI=1S/Al.Au.Cu.Fe.O.Zr.H. The molecule has 0 aromatic carbocycles. The smallest absolute Gasteiger partial charge is 0 e. The molecule has 0 unspecified atom stereocenters. The first-order valence-electron chi connectivity index (χ1n) is 0.289. The minimum absolute atomic E-state index is 0. The van der Waals surface area contributed by atoms with Crippen LogP contribution in [0.1, 0.15) is 0 Å². The maximum Gasteiger partial charge on any atom is 0 e. The fourth-order valence-corrected chi connectivity index (χ4v) is 0. The summed E-state index contributed by atoms with van der Waals surface area (Å²) in [5.74, 6) is 0. The largest absolute Gasteiger partial charge is 0 e. The van der Waals surface area contributed by atoms with Gasteiger partial charge in [-0.25, -0.2) is 0 Å². The molecule has 0 saturated carbocycles. The Hall–Kier alpha value is 2.99. The molecule has 1 nitrogen and oxygen atoms in total. The van der Waals surface area contributed by atoms with Gasteiger partial charge in [-0.05, 0) is 0 Å². The van der Waals surface area contributed by atoms with Crippen LogP contribution in [0, 0.1) is 0 Å². The second kappa shape index (κ2) is 43.6. The molecule has 0 aromatic rings. The summed E-state index contributed by atoms with van der Waals surface area (Å²) >= 11 is 0.611. The molecular weight excluding hydrogens is 451 g/mol. The molecule has 0 aromatic heterocycles. The van der Waals surface area contributed by atoms with Crippen LogP contribution >= 0.6 is 0 Å². The van der Waals surface area contributed by atoms with Gasteiger partial charge in [0.05, 0.1) is 0 Å². The van der Waals surface area contributed by atoms with Gasteiger partial charge in [0.2, 0.25) is 0 Å². The van der Waals surface area contributed by atoms with Crippen molar-refractivity contribution in [3.05, 3.63) is 0 Å². The van der Waals surface area contributed by atoms with Crippen LogP contribution in [-0.2, 0) is 86.5 Å². The van der Waals surface area contributed by atoms with E-state index in [1.54, 1.807) is 0 Å². The van der Waals surface area contributed by atoms with Crippen LogP contribution in [0.4, 0.5) is 0 Å². The van der Waals surface area contributed by atoms with E-state index in [9.17, 15) is 0 Å². The van der Waals surface area contributed by atoms with Gasteiger partial charge in [0.15, 0.2) is 0 Å². The van der Waals surface area contributed by atoms with E-state index in [4.69, 9.17) is 3.80 Å². The van der Waals surface area contributed by atoms with Gasteiger partial charge in [-0.3, -0.25) is 0 Å². The van der Waals surface area contributed by atoms with Crippen molar-refractivity contribution in [3.8, 4) is 0 Å². The van der Waals surface area contributed by atoms with Crippen molar-refractivity contribution in [2.24, 2.45) is 0 Å². The Bertz CT molecular complexity index is 15.5. The molecule has 0 spiro atoms. The monoisotopic (exact) mass is 450 g/mol. The first-order chi connectivity index (χ1) is 1.00. The number of hydrogen-bond acceptors (Lipinski definition) is 1. The summed E-state index contributed by atoms with van der Waals surface area (Å²) in [4.78, 5) is 0. The fraction of sp³-hybridized carbons (Fsp3) is 0. The van der Waals surface area contributed by atoms with Gasteiger partial charge in [-0.1, -0.05) is 0 Å². The summed E-state index contributed by atoms with van der Waals surface area (Å²) in [6, 6.07) is 0. The van der Waals surface area contributed by atoms with Crippen molar-refractivity contribution >= 4 is 16.2 Å². The first kappa shape index (κ1) is 36.0. The van der Waals surface area contributed by atoms with E-state index in [-0.39, 0.29) is 82.7 Å². The van der Waals surface area contributed by atoms with Gasteiger partial charge < -0.3 is 0 Å². The topological polar surface area (TPSA) is 17.1 Å². The van der Waals surface area contributed by atoms with Crippen molar-refractivity contribution in [1.82, 2.24) is 0 Å². The molecule has 0 bridgehead atoms. The van der Waals surface area contributed by atoms with Gasteiger partial charge in [-0.2, -0.15) is 0 Å². The fourth-order valence-electron chi connectivity index (χ4n) is 0. The van der Waals surface area contributed by atoms with Crippen molar-refractivity contribution in [2.75, 3.05) is 0 Å². The van der Waals surface area contributed by atoms with Crippen LogP contribution in [0.5, 0.6) is 0 Å². The van der Waals surface area contributed by atoms with E-state index in [1.807, 2.05) is 0 Å². The average Bonchev–Trinajstić information content (AvgIpc) is 1.00. The minimum Gasteiger partial charge on any atom is 0 e. The van der Waals surface area contributed by atoms with Gasteiger partial charge in [-0.15, -0.1) is 0 Å². The zero-order valence-electron chi connectivity index (χ0n) is 2.57. The third kappa shape index (κ3) is 28.0. The van der Waals surface area contributed by atoms with Gasteiger partial charge in [0, 0.05) is 82.7 Å². The van der Waals surface area contributed by atoms with E-state index in [1.165, 1.54) is 0 Å². The predicted molar refractivity (Wildman–Crippen MR) is 7.84 cm³/mol. The molecule has 0 heterocycles. The maximum absolute atomic E-state index is 8.28.